The lowest BCUT2D eigenvalue weighted by atomic mass is 10.1. The van der Waals surface area contributed by atoms with Crippen LogP contribution in [0, 0.1) is 11.3 Å². The second-order valence-electron chi connectivity index (χ2n) is 5.68. The number of nitrogens with zero attached hydrogens (tertiary/aromatic N) is 3. The molecule has 1 saturated heterocycles. The summed E-state index contributed by atoms with van der Waals surface area (Å²) in [5.41, 5.74) is 2.74. The number of hydrogen-bond acceptors (Lipinski definition) is 5. The highest BCUT2D eigenvalue weighted by atomic mass is 35.5. The normalized spacial score (nSPS) is 15.0. The molecule has 1 fully saturated rings. The molecule has 0 amide bonds. The molecular weight excluding hydrogens is 328 g/mol. The van der Waals surface area contributed by atoms with Crippen molar-refractivity contribution in [1.29, 1.82) is 5.26 Å². The van der Waals surface area contributed by atoms with Crippen LogP contribution >= 0.6 is 22.9 Å². The second kappa shape index (κ2) is 7.67. The van der Waals surface area contributed by atoms with Crippen LogP contribution in [0.1, 0.15) is 36.1 Å². The minimum absolute atomic E-state index is 0.552. The van der Waals surface area contributed by atoms with Crippen molar-refractivity contribution in [1.82, 2.24) is 4.98 Å². The second-order valence-corrected chi connectivity index (χ2v) is 7.38. The molecule has 3 rings (SSSR count). The highest BCUT2D eigenvalue weighted by Gasteiger charge is 2.14. The van der Waals surface area contributed by atoms with Crippen LogP contribution in [0.4, 0.5) is 11.4 Å². The Morgan fingerprint density at radius 2 is 2.04 bits per heavy atom. The third kappa shape index (κ3) is 4.15. The van der Waals surface area contributed by atoms with Crippen molar-refractivity contribution in [3.8, 4) is 6.07 Å². The van der Waals surface area contributed by atoms with Crippen molar-refractivity contribution < 1.29 is 0 Å². The summed E-state index contributed by atoms with van der Waals surface area (Å²) < 4.78 is 0.552. The van der Waals surface area contributed by atoms with Gasteiger partial charge in [0.25, 0.3) is 0 Å². The predicted octanol–water partition coefficient (Wildman–Crippen LogP) is 4.66. The Hall–Kier alpha value is -1.77. The number of thiazole rings is 1. The van der Waals surface area contributed by atoms with Gasteiger partial charge in [0.1, 0.15) is 6.07 Å². The molecule has 0 bridgehead atoms. The minimum atomic E-state index is 0.552. The van der Waals surface area contributed by atoms with Gasteiger partial charge in [-0.3, -0.25) is 0 Å². The molecule has 1 aliphatic heterocycles. The van der Waals surface area contributed by atoms with Crippen LogP contribution in [0.5, 0.6) is 0 Å². The first-order chi connectivity index (χ1) is 11.3. The average Bonchev–Trinajstić information content (AvgIpc) is 2.82. The SMILES string of the molecule is N#Cc1cc(NCc2cnc(Cl)s2)ccc1N1CCCCCC1. The lowest BCUT2D eigenvalue weighted by Crippen LogP contribution is -2.24. The summed E-state index contributed by atoms with van der Waals surface area (Å²) in [6, 6.07) is 8.38. The van der Waals surface area contributed by atoms with Crippen LogP contribution in [0.25, 0.3) is 0 Å². The van der Waals surface area contributed by atoms with E-state index in [-0.39, 0.29) is 0 Å². The molecule has 0 saturated carbocycles. The Kier molecular flexibility index (Phi) is 5.37. The molecule has 1 N–H and O–H groups in total. The fourth-order valence-electron chi connectivity index (χ4n) is 2.88. The zero-order valence-electron chi connectivity index (χ0n) is 12.9. The predicted molar refractivity (Wildman–Crippen MR) is 96.3 cm³/mol. The number of benzene rings is 1. The standard InChI is InChI=1S/C17H19ClN4S/c18-17-21-12-15(23-17)11-20-14-5-6-16(13(9-14)10-19)22-7-3-1-2-4-8-22/h5-6,9,12,20H,1-4,7-8,11H2. The molecule has 4 nitrogen and oxygen atoms in total. The Morgan fingerprint density at radius 1 is 1.26 bits per heavy atom. The van der Waals surface area contributed by atoms with Gasteiger partial charge in [0.05, 0.1) is 17.8 Å². The topological polar surface area (TPSA) is 52.0 Å². The highest BCUT2D eigenvalue weighted by Crippen LogP contribution is 2.27. The Balaban J connectivity index is 1.72. The molecule has 1 aromatic carbocycles. The first kappa shape index (κ1) is 16.1. The van der Waals surface area contributed by atoms with E-state index in [0.717, 1.165) is 34.9 Å². The van der Waals surface area contributed by atoms with Crippen LogP contribution in [-0.4, -0.2) is 18.1 Å². The summed E-state index contributed by atoms with van der Waals surface area (Å²) in [7, 11) is 0. The summed E-state index contributed by atoms with van der Waals surface area (Å²) >= 11 is 7.30. The van der Waals surface area contributed by atoms with Crippen LogP contribution in [-0.2, 0) is 6.54 Å². The van der Waals surface area contributed by atoms with Crippen LogP contribution in [0.2, 0.25) is 4.47 Å². The summed E-state index contributed by atoms with van der Waals surface area (Å²) in [4.78, 5) is 7.45. The van der Waals surface area contributed by atoms with E-state index in [2.05, 4.69) is 27.3 Å². The molecule has 0 radical (unpaired) electrons. The van der Waals surface area contributed by atoms with Gasteiger partial charge < -0.3 is 10.2 Å². The van der Waals surface area contributed by atoms with E-state index in [1.165, 1.54) is 37.0 Å². The molecule has 0 spiro atoms. The van der Waals surface area contributed by atoms with Crippen LogP contribution in [0.3, 0.4) is 0 Å². The van der Waals surface area contributed by atoms with Gasteiger partial charge in [-0.05, 0) is 31.0 Å². The quantitative estimate of drug-likeness (QED) is 0.874. The third-order valence-corrected chi connectivity index (χ3v) is 5.17. The molecule has 1 aromatic heterocycles. The average molecular weight is 347 g/mol. The van der Waals surface area contributed by atoms with Crippen molar-refractivity contribution >= 4 is 34.3 Å². The van der Waals surface area contributed by atoms with Gasteiger partial charge in [0.15, 0.2) is 4.47 Å². The minimum Gasteiger partial charge on any atom is -0.380 e. The Morgan fingerprint density at radius 3 is 2.70 bits per heavy atom. The number of nitriles is 1. The van der Waals surface area contributed by atoms with E-state index in [1.807, 2.05) is 12.1 Å². The highest BCUT2D eigenvalue weighted by molar-refractivity contribution is 7.15. The van der Waals surface area contributed by atoms with Gasteiger partial charge in [0, 0.05) is 29.9 Å². The summed E-state index contributed by atoms with van der Waals surface area (Å²) in [6.07, 6.45) is 6.76. The van der Waals surface area contributed by atoms with Gasteiger partial charge in [-0.25, -0.2) is 4.98 Å². The molecule has 2 aromatic rings. The van der Waals surface area contributed by atoms with Crippen molar-refractivity contribution in [2.24, 2.45) is 0 Å². The van der Waals surface area contributed by atoms with Gasteiger partial charge in [-0.15, -0.1) is 11.3 Å². The lowest BCUT2D eigenvalue weighted by molar-refractivity contribution is 0.726. The van der Waals surface area contributed by atoms with Gasteiger partial charge in [0.2, 0.25) is 0 Å². The molecule has 2 heterocycles. The summed E-state index contributed by atoms with van der Waals surface area (Å²) in [5, 5.41) is 12.8. The summed E-state index contributed by atoms with van der Waals surface area (Å²) in [5.74, 6) is 0. The Bertz CT molecular complexity index is 699. The maximum atomic E-state index is 9.50. The molecule has 0 atom stereocenters. The zero-order chi connectivity index (χ0) is 16.1. The molecule has 0 aliphatic carbocycles. The third-order valence-electron chi connectivity index (χ3n) is 4.06. The summed E-state index contributed by atoms with van der Waals surface area (Å²) in [6.45, 7) is 2.75. The van der Waals surface area contributed by atoms with Gasteiger partial charge >= 0.3 is 0 Å². The van der Waals surface area contributed by atoms with Crippen molar-refractivity contribution in [2.75, 3.05) is 23.3 Å². The number of halogens is 1. The Labute approximate surface area is 145 Å². The monoisotopic (exact) mass is 346 g/mol. The maximum Gasteiger partial charge on any atom is 0.183 e. The van der Waals surface area contributed by atoms with E-state index in [0.29, 0.717) is 11.0 Å². The maximum absolute atomic E-state index is 9.50. The van der Waals surface area contributed by atoms with E-state index in [9.17, 15) is 5.26 Å². The largest absolute Gasteiger partial charge is 0.380 e. The number of anilines is 2. The molecule has 1 aliphatic rings. The number of nitrogens with one attached hydrogen (secondary N) is 1. The van der Waals surface area contributed by atoms with Gasteiger partial charge in [-0.2, -0.15) is 5.26 Å². The van der Waals surface area contributed by atoms with Crippen molar-refractivity contribution in [2.45, 2.75) is 32.2 Å². The number of aromatic nitrogens is 1. The smallest absolute Gasteiger partial charge is 0.183 e. The van der Waals surface area contributed by atoms with Crippen molar-refractivity contribution in [3.63, 3.8) is 0 Å². The first-order valence-corrected chi connectivity index (χ1v) is 9.09. The molecule has 6 heteroatoms. The molecule has 0 unspecified atom stereocenters. The molecule has 23 heavy (non-hydrogen) atoms. The molecular formula is C17H19ClN4S. The zero-order valence-corrected chi connectivity index (χ0v) is 14.5. The fraction of sp³-hybridized carbons (Fsp3) is 0.412. The first-order valence-electron chi connectivity index (χ1n) is 7.89. The fourth-order valence-corrected chi connectivity index (χ4v) is 3.80. The van der Waals surface area contributed by atoms with E-state index < -0.39 is 0 Å². The lowest BCUT2D eigenvalue weighted by Gasteiger charge is -2.24. The van der Waals surface area contributed by atoms with E-state index >= 15 is 0 Å². The van der Waals surface area contributed by atoms with E-state index in [4.69, 9.17) is 11.6 Å². The van der Waals surface area contributed by atoms with Gasteiger partial charge in [-0.1, -0.05) is 24.4 Å². The van der Waals surface area contributed by atoms with E-state index in [1.54, 1.807) is 6.20 Å². The number of hydrogen-bond donors (Lipinski definition) is 1. The number of rotatable bonds is 4. The molecule has 120 valence electrons. The van der Waals surface area contributed by atoms with Crippen LogP contribution in [0.15, 0.2) is 24.4 Å². The van der Waals surface area contributed by atoms with Crippen molar-refractivity contribution in [3.05, 3.63) is 39.3 Å². The van der Waals surface area contributed by atoms with Crippen LogP contribution < -0.4 is 10.2 Å².